The van der Waals surface area contributed by atoms with Crippen molar-refractivity contribution in [3.63, 3.8) is 0 Å². The SMILES string of the molecule is CCOC(=O)CNS(=O)(=O)c1ccc([N+](=O)[O-])c(F)c1. The number of esters is 1. The van der Waals surface area contributed by atoms with Crippen molar-refractivity contribution in [3.05, 3.63) is 34.1 Å². The predicted octanol–water partition coefficient (Wildman–Crippen LogP) is 0.575. The summed E-state index contributed by atoms with van der Waals surface area (Å²) in [6.07, 6.45) is 0. The average molecular weight is 306 g/mol. The highest BCUT2D eigenvalue weighted by molar-refractivity contribution is 7.89. The molecule has 10 heteroatoms. The number of hydrogen-bond donors (Lipinski definition) is 1. The van der Waals surface area contributed by atoms with Gasteiger partial charge in [0.25, 0.3) is 0 Å². The van der Waals surface area contributed by atoms with E-state index in [4.69, 9.17) is 0 Å². The van der Waals surface area contributed by atoms with E-state index < -0.39 is 43.9 Å². The minimum atomic E-state index is -4.15. The molecule has 0 bridgehead atoms. The first-order valence-corrected chi connectivity index (χ1v) is 6.85. The minimum absolute atomic E-state index is 0.0900. The van der Waals surface area contributed by atoms with E-state index in [1.807, 2.05) is 4.72 Å². The largest absolute Gasteiger partial charge is 0.465 e. The van der Waals surface area contributed by atoms with Crippen LogP contribution in [-0.4, -0.2) is 32.5 Å². The van der Waals surface area contributed by atoms with Crippen LogP contribution in [0.4, 0.5) is 10.1 Å². The molecule has 0 atom stereocenters. The number of carbonyl (C=O) groups excluding carboxylic acids is 1. The van der Waals surface area contributed by atoms with Gasteiger partial charge in [0.15, 0.2) is 0 Å². The van der Waals surface area contributed by atoms with Gasteiger partial charge in [-0.1, -0.05) is 0 Å². The number of nitrogens with zero attached hydrogens (tertiary/aromatic N) is 1. The number of hydrogen-bond acceptors (Lipinski definition) is 6. The lowest BCUT2D eigenvalue weighted by Gasteiger charge is -2.06. The zero-order chi connectivity index (χ0) is 15.3. The number of rotatable bonds is 6. The van der Waals surface area contributed by atoms with Crippen LogP contribution in [0.3, 0.4) is 0 Å². The molecule has 0 aliphatic carbocycles. The molecule has 0 heterocycles. The van der Waals surface area contributed by atoms with Gasteiger partial charge in [-0.15, -0.1) is 0 Å². The first-order valence-electron chi connectivity index (χ1n) is 5.37. The Morgan fingerprint density at radius 2 is 2.15 bits per heavy atom. The fourth-order valence-corrected chi connectivity index (χ4v) is 2.23. The van der Waals surface area contributed by atoms with E-state index in [9.17, 15) is 27.7 Å². The van der Waals surface area contributed by atoms with Crippen molar-refractivity contribution < 1.29 is 27.3 Å². The van der Waals surface area contributed by atoms with Crippen LogP contribution < -0.4 is 4.72 Å². The van der Waals surface area contributed by atoms with Crippen molar-refractivity contribution >= 4 is 21.7 Å². The molecule has 8 nitrogen and oxygen atoms in total. The molecule has 0 saturated carbocycles. The van der Waals surface area contributed by atoms with Crippen LogP contribution in [0.1, 0.15) is 6.92 Å². The lowest BCUT2D eigenvalue weighted by atomic mass is 10.3. The maximum Gasteiger partial charge on any atom is 0.321 e. The van der Waals surface area contributed by atoms with Crippen molar-refractivity contribution in [2.24, 2.45) is 0 Å². The third kappa shape index (κ3) is 3.96. The van der Waals surface area contributed by atoms with Crippen molar-refractivity contribution in [1.29, 1.82) is 0 Å². The van der Waals surface area contributed by atoms with E-state index in [1.165, 1.54) is 0 Å². The van der Waals surface area contributed by atoms with Gasteiger partial charge < -0.3 is 4.74 Å². The summed E-state index contributed by atoms with van der Waals surface area (Å²) in [5.74, 6) is -2.08. The van der Waals surface area contributed by atoms with Crippen molar-refractivity contribution in [3.8, 4) is 0 Å². The predicted molar refractivity (Wildman–Crippen MR) is 64.9 cm³/mol. The number of sulfonamides is 1. The molecule has 0 aliphatic heterocycles. The lowest BCUT2D eigenvalue weighted by molar-refractivity contribution is -0.387. The highest BCUT2D eigenvalue weighted by Gasteiger charge is 2.21. The van der Waals surface area contributed by atoms with Gasteiger partial charge in [-0.25, -0.2) is 8.42 Å². The molecular formula is C10H11FN2O6S. The van der Waals surface area contributed by atoms with Crippen molar-refractivity contribution in [2.45, 2.75) is 11.8 Å². The van der Waals surface area contributed by atoms with Gasteiger partial charge in [0.2, 0.25) is 15.8 Å². The number of ether oxygens (including phenoxy) is 1. The third-order valence-electron chi connectivity index (χ3n) is 2.14. The fourth-order valence-electron chi connectivity index (χ4n) is 1.25. The molecule has 0 radical (unpaired) electrons. The van der Waals surface area contributed by atoms with E-state index in [1.54, 1.807) is 6.92 Å². The normalized spacial score (nSPS) is 11.1. The molecule has 20 heavy (non-hydrogen) atoms. The molecule has 1 aromatic rings. The topological polar surface area (TPSA) is 116 Å². The van der Waals surface area contributed by atoms with E-state index in [-0.39, 0.29) is 6.61 Å². The summed E-state index contributed by atoms with van der Waals surface area (Å²) in [5.41, 5.74) is -0.839. The highest BCUT2D eigenvalue weighted by Crippen LogP contribution is 2.20. The minimum Gasteiger partial charge on any atom is -0.465 e. The number of nitro benzene ring substituents is 1. The summed E-state index contributed by atoms with van der Waals surface area (Å²) in [6.45, 7) is 1.03. The zero-order valence-electron chi connectivity index (χ0n) is 10.3. The summed E-state index contributed by atoms with van der Waals surface area (Å²) in [6, 6.07) is 2.11. The molecule has 0 amide bonds. The van der Waals surface area contributed by atoms with Gasteiger partial charge in [-0.05, 0) is 13.0 Å². The van der Waals surface area contributed by atoms with Gasteiger partial charge in [-0.3, -0.25) is 14.9 Å². The number of halogens is 1. The second kappa shape index (κ2) is 6.39. The average Bonchev–Trinajstić information content (AvgIpc) is 2.36. The molecule has 110 valence electrons. The Labute approximate surface area is 113 Å². The lowest BCUT2D eigenvalue weighted by Crippen LogP contribution is -2.30. The molecule has 1 rings (SSSR count). The second-order valence-electron chi connectivity index (χ2n) is 3.50. The monoisotopic (exact) mass is 306 g/mol. The Bertz CT molecular complexity index is 631. The van der Waals surface area contributed by atoms with Crippen molar-refractivity contribution in [1.82, 2.24) is 4.72 Å². The second-order valence-corrected chi connectivity index (χ2v) is 5.27. The fraction of sp³-hybridized carbons (Fsp3) is 0.300. The standard InChI is InChI=1S/C10H11FN2O6S/c1-2-19-10(14)6-12-20(17,18)7-3-4-9(13(15)16)8(11)5-7/h3-5,12H,2,6H2,1H3. The van der Waals surface area contributed by atoms with Crippen molar-refractivity contribution in [2.75, 3.05) is 13.2 Å². The summed E-state index contributed by atoms with van der Waals surface area (Å²) < 4.78 is 43.2. The first kappa shape index (κ1) is 16.0. The van der Waals surface area contributed by atoms with Crippen LogP contribution in [0, 0.1) is 15.9 Å². The molecule has 0 spiro atoms. The Kier molecular flexibility index (Phi) is 5.11. The summed E-state index contributed by atoms with van der Waals surface area (Å²) in [4.78, 5) is 19.9. The van der Waals surface area contributed by atoms with Crippen LogP contribution >= 0.6 is 0 Å². The Balaban J connectivity index is 2.91. The molecular weight excluding hydrogens is 295 g/mol. The van der Waals surface area contributed by atoms with Gasteiger partial charge in [0.05, 0.1) is 16.4 Å². The van der Waals surface area contributed by atoms with Crippen LogP contribution in [0.2, 0.25) is 0 Å². The van der Waals surface area contributed by atoms with Crippen LogP contribution in [0.25, 0.3) is 0 Å². The molecule has 0 aromatic heterocycles. The number of carbonyl (C=O) groups is 1. The maximum absolute atomic E-state index is 13.3. The van der Waals surface area contributed by atoms with Crippen LogP contribution in [0.5, 0.6) is 0 Å². The van der Waals surface area contributed by atoms with Gasteiger partial charge in [-0.2, -0.15) is 9.11 Å². The Morgan fingerprint density at radius 3 is 2.65 bits per heavy atom. The molecule has 0 saturated heterocycles. The van der Waals surface area contributed by atoms with Gasteiger partial charge >= 0.3 is 11.7 Å². The van der Waals surface area contributed by atoms with E-state index in [2.05, 4.69) is 4.74 Å². The van der Waals surface area contributed by atoms with Crippen LogP contribution in [-0.2, 0) is 19.6 Å². The molecule has 0 aliphatic rings. The molecule has 0 unspecified atom stereocenters. The molecule has 1 N–H and O–H groups in total. The highest BCUT2D eigenvalue weighted by atomic mass is 32.2. The quantitative estimate of drug-likeness (QED) is 0.467. The van der Waals surface area contributed by atoms with Gasteiger partial charge in [0.1, 0.15) is 6.54 Å². The number of nitrogens with one attached hydrogen (secondary N) is 1. The van der Waals surface area contributed by atoms with E-state index >= 15 is 0 Å². The molecule has 1 aromatic carbocycles. The summed E-state index contributed by atoms with van der Waals surface area (Å²) >= 11 is 0. The number of nitro groups is 1. The first-order chi connectivity index (χ1) is 9.27. The maximum atomic E-state index is 13.3. The molecule has 0 fully saturated rings. The summed E-state index contributed by atoms with van der Waals surface area (Å²) in [7, 11) is -4.15. The smallest absolute Gasteiger partial charge is 0.321 e. The zero-order valence-corrected chi connectivity index (χ0v) is 11.1. The third-order valence-corrected chi connectivity index (χ3v) is 3.54. The Hall–Kier alpha value is -2.07. The van der Waals surface area contributed by atoms with Crippen LogP contribution in [0.15, 0.2) is 23.1 Å². The Morgan fingerprint density at radius 1 is 1.50 bits per heavy atom. The van der Waals surface area contributed by atoms with E-state index in [0.717, 1.165) is 12.1 Å². The van der Waals surface area contributed by atoms with E-state index in [0.29, 0.717) is 6.07 Å². The van der Waals surface area contributed by atoms with Gasteiger partial charge in [0, 0.05) is 12.1 Å². The number of benzene rings is 1. The summed E-state index contributed by atoms with van der Waals surface area (Å²) in [5, 5.41) is 10.4.